The van der Waals surface area contributed by atoms with Gasteiger partial charge < -0.3 is 9.44 Å². The number of ether oxygens (including phenoxy) is 1. The third-order valence-corrected chi connectivity index (χ3v) is 5.63. The van der Waals surface area contributed by atoms with Gasteiger partial charge in [-0.2, -0.15) is 0 Å². The fourth-order valence-corrected chi connectivity index (χ4v) is 4.77. The molecular formula is C18H13BCl3F4N3O. The summed E-state index contributed by atoms with van der Waals surface area (Å²) in [6.07, 6.45) is 2.99. The van der Waals surface area contributed by atoms with Gasteiger partial charge in [0.2, 0.25) is 6.33 Å². The van der Waals surface area contributed by atoms with Gasteiger partial charge in [-0.1, -0.05) is 63.8 Å². The van der Waals surface area contributed by atoms with Gasteiger partial charge in [0.25, 0.3) is 0 Å². The number of fused-ring (bicyclic) bond motifs is 5. The number of hydrogen-bond donors (Lipinski definition) is 0. The molecule has 2 atom stereocenters. The third kappa shape index (κ3) is 4.30. The number of nitrogens with zero attached hydrogens (tertiary/aromatic N) is 3. The van der Waals surface area contributed by atoms with Gasteiger partial charge in [-0.25, -0.2) is 4.57 Å². The summed E-state index contributed by atoms with van der Waals surface area (Å²) in [5.74, 6) is 0.847. The van der Waals surface area contributed by atoms with E-state index in [2.05, 4.69) is 33.9 Å². The summed E-state index contributed by atoms with van der Waals surface area (Å²) >= 11 is 18.7. The van der Waals surface area contributed by atoms with Gasteiger partial charge in [0.05, 0.1) is 10.0 Å². The molecule has 0 bridgehead atoms. The SMILES string of the molecule is Clc1cc(Cl)c(-n2c[n+]3c(n2)CO[C@@H]2Cc4ccccc4[C@@H]23)c(Cl)c1.FB(F)F.[F-]. The number of rotatable bonds is 1. The van der Waals surface area contributed by atoms with E-state index in [1.54, 1.807) is 16.8 Å². The maximum absolute atomic E-state index is 9.67. The Bertz CT molecular complexity index is 1040. The van der Waals surface area contributed by atoms with E-state index >= 15 is 0 Å². The first kappa shape index (κ1) is 22.9. The smallest absolute Gasteiger partial charge is 0.762 e. The largest absolute Gasteiger partial charge is 1.00 e. The van der Waals surface area contributed by atoms with Crippen LogP contribution in [0.2, 0.25) is 15.1 Å². The molecule has 0 fully saturated rings. The topological polar surface area (TPSA) is 30.9 Å². The molecular weight excluding hydrogens is 467 g/mol. The second-order valence-electron chi connectivity index (χ2n) is 6.55. The maximum Gasteiger partial charge on any atom is 0.762 e. The van der Waals surface area contributed by atoms with Gasteiger partial charge in [0.1, 0.15) is 18.8 Å². The van der Waals surface area contributed by atoms with E-state index in [1.165, 1.54) is 11.1 Å². The molecule has 0 spiro atoms. The van der Waals surface area contributed by atoms with Crippen molar-refractivity contribution in [2.24, 2.45) is 0 Å². The normalized spacial score (nSPS) is 18.3. The Morgan fingerprint density at radius 1 is 1.10 bits per heavy atom. The predicted octanol–water partition coefficient (Wildman–Crippen LogP) is 2.05. The van der Waals surface area contributed by atoms with Crippen LogP contribution < -0.4 is 9.27 Å². The first-order valence-electron chi connectivity index (χ1n) is 8.61. The molecule has 0 radical (unpaired) electrons. The molecule has 2 aliphatic rings. The zero-order valence-corrected chi connectivity index (χ0v) is 17.4. The lowest BCUT2D eigenvalue weighted by molar-refractivity contribution is -0.739. The molecule has 1 aliphatic heterocycles. The van der Waals surface area contributed by atoms with Crippen molar-refractivity contribution in [2.45, 2.75) is 25.2 Å². The van der Waals surface area contributed by atoms with E-state index < -0.39 is 7.54 Å². The lowest BCUT2D eigenvalue weighted by Gasteiger charge is -2.23. The van der Waals surface area contributed by atoms with Crippen LogP contribution in [0.25, 0.3) is 5.69 Å². The van der Waals surface area contributed by atoms with Crippen LogP contribution in [-0.4, -0.2) is 23.4 Å². The van der Waals surface area contributed by atoms with Crippen LogP contribution in [0, 0.1) is 0 Å². The Morgan fingerprint density at radius 3 is 2.40 bits per heavy atom. The van der Waals surface area contributed by atoms with Crippen LogP contribution in [0.3, 0.4) is 0 Å². The summed E-state index contributed by atoms with van der Waals surface area (Å²) < 4.78 is 38.9. The molecule has 3 aromatic rings. The van der Waals surface area contributed by atoms with Crippen molar-refractivity contribution >= 4 is 42.3 Å². The second kappa shape index (κ2) is 9.14. The molecule has 5 rings (SSSR count). The van der Waals surface area contributed by atoms with Crippen molar-refractivity contribution in [1.82, 2.24) is 9.78 Å². The van der Waals surface area contributed by atoms with Crippen molar-refractivity contribution in [3.05, 3.63) is 74.7 Å². The van der Waals surface area contributed by atoms with Crippen LogP contribution >= 0.6 is 34.8 Å². The van der Waals surface area contributed by atoms with Gasteiger partial charge in [-0.15, -0.1) is 0 Å². The molecule has 30 heavy (non-hydrogen) atoms. The summed E-state index contributed by atoms with van der Waals surface area (Å²) in [6.45, 7) is 0.463. The third-order valence-electron chi connectivity index (χ3n) is 4.84. The quantitative estimate of drug-likeness (QED) is 0.303. The summed E-state index contributed by atoms with van der Waals surface area (Å²) in [6, 6.07) is 11.9. The Hall–Kier alpha value is -1.81. The first-order valence-corrected chi connectivity index (χ1v) is 9.74. The van der Waals surface area contributed by atoms with E-state index in [-0.39, 0.29) is 16.9 Å². The average molecular weight is 480 g/mol. The lowest BCUT2D eigenvalue weighted by atomic mass is 10.1. The fraction of sp³-hybridized carbons (Fsp3) is 0.222. The van der Waals surface area contributed by atoms with E-state index in [0.717, 1.165) is 12.2 Å². The highest BCUT2D eigenvalue weighted by atomic mass is 35.5. The van der Waals surface area contributed by atoms with Crippen molar-refractivity contribution < 1.29 is 27.0 Å². The average Bonchev–Trinajstić information content (AvgIpc) is 3.20. The monoisotopic (exact) mass is 479 g/mol. The minimum absolute atomic E-state index is 0. The highest BCUT2D eigenvalue weighted by Crippen LogP contribution is 2.36. The standard InChI is InChI=1S/C18H13Cl3N3O.BF3.FH/c19-11-6-13(20)18(14(21)7-11)24-9-23-16(22-24)8-25-15-5-10-3-1-2-4-12(10)17(15)23;2-1(3)4;/h1-4,6-7,9,15,17H,5,8H2;;1H/q+1;;/p-1/t15-,17+;;/m1../s1. The lowest BCUT2D eigenvalue weighted by Crippen LogP contribution is -3.00. The highest BCUT2D eigenvalue weighted by molar-refractivity contribution is 6.40. The number of aromatic nitrogens is 3. The minimum atomic E-state index is -3.67. The number of halogens is 7. The molecule has 0 saturated heterocycles. The molecule has 0 saturated carbocycles. The predicted molar refractivity (Wildman–Crippen MR) is 105 cm³/mol. The van der Waals surface area contributed by atoms with Gasteiger partial charge in [0, 0.05) is 16.5 Å². The fourth-order valence-electron chi connectivity index (χ4n) is 3.78. The molecule has 12 heteroatoms. The van der Waals surface area contributed by atoms with E-state index in [9.17, 15) is 12.9 Å². The van der Waals surface area contributed by atoms with Crippen LogP contribution in [-0.2, 0) is 17.8 Å². The molecule has 1 aromatic heterocycles. The van der Waals surface area contributed by atoms with Gasteiger partial charge in [0.15, 0.2) is 5.69 Å². The molecule has 4 nitrogen and oxygen atoms in total. The summed E-state index contributed by atoms with van der Waals surface area (Å²) in [4.78, 5) is 0. The maximum atomic E-state index is 9.67. The van der Waals surface area contributed by atoms with Crippen molar-refractivity contribution in [2.75, 3.05) is 0 Å². The van der Waals surface area contributed by atoms with Crippen molar-refractivity contribution in [3.8, 4) is 5.69 Å². The Balaban J connectivity index is 0.000000473. The van der Waals surface area contributed by atoms with Crippen molar-refractivity contribution in [3.63, 3.8) is 0 Å². The van der Waals surface area contributed by atoms with E-state index in [4.69, 9.17) is 39.5 Å². The Labute approximate surface area is 184 Å². The molecule has 2 aromatic carbocycles. The van der Waals surface area contributed by atoms with Crippen LogP contribution in [0.5, 0.6) is 0 Å². The highest BCUT2D eigenvalue weighted by Gasteiger charge is 2.43. The van der Waals surface area contributed by atoms with Crippen LogP contribution in [0.15, 0.2) is 42.7 Å². The van der Waals surface area contributed by atoms with Crippen LogP contribution in [0.1, 0.15) is 23.0 Å². The zero-order valence-electron chi connectivity index (χ0n) is 15.1. The first-order chi connectivity index (χ1) is 13.8. The Morgan fingerprint density at radius 2 is 1.73 bits per heavy atom. The number of hydrogen-bond acceptors (Lipinski definition) is 2. The minimum Gasteiger partial charge on any atom is -1.00 e. The molecule has 0 unspecified atom stereocenters. The molecule has 158 valence electrons. The summed E-state index contributed by atoms with van der Waals surface area (Å²) in [5.41, 5.74) is 3.23. The van der Waals surface area contributed by atoms with Crippen molar-refractivity contribution in [1.29, 1.82) is 0 Å². The van der Waals surface area contributed by atoms with E-state index in [0.29, 0.717) is 27.4 Å². The Kier molecular flexibility index (Phi) is 6.96. The molecule has 0 N–H and O–H groups in total. The van der Waals surface area contributed by atoms with Crippen LogP contribution in [0.4, 0.5) is 12.9 Å². The molecule has 1 aliphatic carbocycles. The van der Waals surface area contributed by atoms with Gasteiger partial charge >= 0.3 is 13.4 Å². The van der Waals surface area contributed by atoms with E-state index in [1.807, 2.05) is 6.33 Å². The summed E-state index contributed by atoms with van der Waals surface area (Å²) in [7, 11) is -3.67. The van der Waals surface area contributed by atoms with Gasteiger partial charge in [-0.3, -0.25) is 12.9 Å². The zero-order chi connectivity index (χ0) is 20.7. The number of benzene rings is 2. The summed E-state index contributed by atoms with van der Waals surface area (Å²) in [5, 5.41) is 6.07. The second-order valence-corrected chi connectivity index (χ2v) is 7.80. The molecule has 0 amide bonds. The van der Waals surface area contributed by atoms with Gasteiger partial charge in [-0.05, 0) is 23.3 Å². The molecule has 2 heterocycles.